The highest BCUT2D eigenvalue weighted by Crippen LogP contribution is 2.45. The molecule has 1 saturated heterocycles. The minimum atomic E-state index is -0.317. The van der Waals surface area contributed by atoms with Crippen LogP contribution in [0.1, 0.15) is 22.5 Å². The van der Waals surface area contributed by atoms with Gasteiger partial charge in [-0.15, -0.1) is 11.3 Å². The molecule has 8 nitrogen and oxygen atoms in total. The van der Waals surface area contributed by atoms with Gasteiger partial charge in [0.05, 0.1) is 28.6 Å². The van der Waals surface area contributed by atoms with Gasteiger partial charge in [0.15, 0.2) is 0 Å². The molecular formula is C20H20N6O2S. The van der Waals surface area contributed by atoms with Gasteiger partial charge in [0.25, 0.3) is 5.91 Å². The first-order valence-corrected chi connectivity index (χ1v) is 10.4. The number of hydrogen-bond donors (Lipinski definition) is 2. The number of amides is 3. The summed E-state index contributed by atoms with van der Waals surface area (Å²) >= 11 is 1.31. The highest BCUT2D eigenvalue weighted by molar-refractivity contribution is 7.21. The molecule has 0 unspecified atom stereocenters. The predicted octanol–water partition coefficient (Wildman–Crippen LogP) is 3.20. The second-order valence-electron chi connectivity index (χ2n) is 7.37. The molecule has 0 spiro atoms. The third kappa shape index (κ3) is 3.12. The lowest BCUT2D eigenvalue weighted by Gasteiger charge is -2.30. The molecule has 2 aliphatic rings. The number of thiophene rings is 1. The maximum absolute atomic E-state index is 13.0. The molecular weight excluding hydrogens is 388 g/mol. The van der Waals surface area contributed by atoms with E-state index in [9.17, 15) is 9.59 Å². The normalized spacial score (nSPS) is 19.3. The summed E-state index contributed by atoms with van der Waals surface area (Å²) in [6, 6.07) is 5.19. The van der Waals surface area contributed by atoms with Crippen LogP contribution in [0, 0.1) is 0 Å². The maximum atomic E-state index is 13.0. The molecule has 9 heteroatoms. The number of carbonyl (C=O) groups excluding carboxylic acids is 2. The first kappa shape index (κ1) is 18.0. The van der Waals surface area contributed by atoms with Crippen LogP contribution in [0.15, 0.2) is 36.8 Å². The van der Waals surface area contributed by atoms with Crippen molar-refractivity contribution in [1.29, 1.82) is 0 Å². The Hall–Kier alpha value is -3.04. The highest BCUT2D eigenvalue weighted by atomic mass is 32.1. The summed E-state index contributed by atoms with van der Waals surface area (Å²) in [7, 11) is 2.06. The van der Waals surface area contributed by atoms with E-state index >= 15 is 0 Å². The maximum Gasteiger partial charge on any atom is 0.331 e. The number of anilines is 3. The van der Waals surface area contributed by atoms with Crippen molar-refractivity contribution in [1.82, 2.24) is 20.2 Å². The van der Waals surface area contributed by atoms with Gasteiger partial charge in [-0.1, -0.05) is 0 Å². The summed E-state index contributed by atoms with van der Waals surface area (Å²) in [6.45, 7) is 1.88. The molecule has 148 valence electrons. The van der Waals surface area contributed by atoms with Gasteiger partial charge in [-0.2, -0.15) is 0 Å². The molecule has 5 heterocycles. The van der Waals surface area contributed by atoms with Crippen molar-refractivity contribution in [3.05, 3.63) is 41.7 Å². The third-order valence-electron chi connectivity index (χ3n) is 5.32. The topological polar surface area (TPSA) is 90.5 Å². The fourth-order valence-corrected chi connectivity index (χ4v) is 5.04. The Morgan fingerprint density at radius 1 is 1.34 bits per heavy atom. The zero-order chi connectivity index (χ0) is 20.0. The summed E-state index contributed by atoms with van der Waals surface area (Å²) < 4.78 is 0. The summed E-state index contributed by atoms with van der Waals surface area (Å²) in [5.74, 6) is -0.163. The number of likely N-dealkylation sites (tertiary alicyclic amines) is 1. The minimum absolute atomic E-state index is 0.109. The van der Waals surface area contributed by atoms with Crippen molar-refractivity contribution in [3.63, 3.8) is 0 Å². The molecule has 5 rings (SSSR count). The van der Waals surface area contributed by atoms with Crippen molar-refractivity contribution >= 4 is 50.6 Å². The molecule has 1 atom stereocenters. The number of nitrogens with one attached hydrogen (secondary N) is 2. The molecule has 0 bridgehead atoms. The number of urea groups is 1. The van der Waals surface area contributed by atoms with Gasteiger partial charge >= 0.3 is 6.03 Å². The third-order valence-corrected chi connectivity index (χ3v) is 6.41. The Morgan fingerprint density at radius 2 is 2.24 bits per heavy atom. The molecule has 2 N–H and O–H groups in total. The number of nitrogens with zero attached hydrogens (tertiary/aromatic N) is 4. The fourth-order valence-electron chi connectivity index (χ4n) is 4.02. The quantitative estimate of drug-likeness (QED) is 0.695. The number of pyridine rings is 2. The molecule has 3 aromatic rings. The minimum Gasteiger partial charge on any atom is -0.347 e. The Kier molecular flexibility index (Phi) is 4.40. The lowest BCUT2D eigenvalue weighted by Crippen LogP contribution is -2.46. The van der Waals surface area contributed by atoms with Crippen LogP contribution < -0.4 is 15.5 Å². The van der Waals surface area contributed by atoms with Gasteiger partial charge < -0.3 is 15.5 Å². The van der Waals surface area contributed by atoms with Gasteiger partial charge in [0, 0.05) is 25.0 Å². The Morgan fingerprint density at radius 3 is 3.03 bits per heavy atom. The largest absolute Gasteiger partial charge is 0.347 e. The van der Waals surface area contributed by atoms with E-state index in [1.165, 1.54) is 11.3 Å². The van der Waals surface area contributed by atoms with Crippen LogP contribution in [0.4, 0.5) is 21.9 Å². The van der Waals surface area contributed by atoms with Crippen LogP contribution in [0.25, 0.3) is 10.2 Å². The Labute approximate surface area is 171 Å². The molecule has 0 aromatic carbocycles. The monoisotopic (exact) mass is 408 g/mol. The van der Waals surface area contributed by atoms with Gasteiger partial charge in [0.2, 0.25) is 0 Å². The van der Waals surface area contributed by atoms with Crippen LogP contribution in [0.2, 0.25) is 0 Å². The summed E-state index contributed by atoms with van der Waals surface area (Å²) in [4.78, 5) is 39.5. The average molecular weight is 408 g/mol. The van der Waals surface area contributed by atoms with Crippen molar-refractivity contribution in [2.24, 2.45) is 0 Å². The van der Waals surface area contributed by atoms with Crippen LogP contribution in [-0.2, 0) is 0 Å². The van der Waals surface area contributed by atoms with Gasteiger partial charge in [0.1, 0.15) is 9.71 Å². The standard InChI is InChI=1S/C20H20N6O2S/c1-25-9-3-4-12(11-25)23-18(27)17-16-15-14(6-8-22-19(15)29-17)26(20(28)24-16)13-5-2-7-21-10-13/h2,5-8,10,12H,3-4,9,11H2,1H3,(H,23,27)(H,24,28)/t12-/m1/s1. The van der Waals surface area contributed by atoms with Crippen molar-refractivity contribution in [2.45, 2.75) is 18.9 Å². The number of likely N-dealkylation sites (N-methyl/N-ethyl adjacent to an activating group) is 1. The lowest BCUT2D eigenvalue weighted by atomic mass is 10.1. The highest BCUT2D eigenvalue weighted by Gasteiger charge is 2.33. The van der Waals surface area contributed by atoms with Crippen LogP contribution >= 0.6 is 11.3 Å². The lowest BCUT2D eigenvalue weighted by molar-refractivity contribution is 0.0917. The average Bonchev–Trinajstić information content (AvgIpc) is 3.09. The smallest absolute Gasteiger partial charge is 0.331 e. The number of rotatable bonds is 3. The molecule has 0 aliphatic carbocycles. The number of hydrogen-bond acceptors (Lipinski definition) is 6. The van der Waals surface area contributed by atoms with Gasteiger partial charge in [-0.05, 0) is 44.6 Å². The second kappa shape index (κ2) is 7.09. The molecule has 2 aliphatic heterocycles. The number of piperidine rings is 1. The molecule has 3 amide bonds. The first-order chi connectivity index (χ1) is 14.1. The van der Waals surface area contributed by atoms with Crippen LogP contribution in [0.3, 0.4) is 0 Å². The molecule has 0 radical (unpaired) electrons. The summed E-state index contributed by atoms with van der Waals surface area (Å²) in [6.07, 6.45) is 6.98. The van der Waals surface area contributed by atoms with E-state index in [1.807, 2.05) is 6.07 Å². The predicted molar refractivity (Wildman–Crippen MR) is 113 cm³/mol. The number of carbonyl (C=O) groups is 2. The first-order valence-electron chi connectivity index (χ1n) is 9.54. The molecule has 1 fully saturated rings. The Balaban J connectivity index is 1.54. The van der Waals surface area contributed by atoms with E-state index in [4.69, 9.17) is 0 Å². The van der Waals surface area contributed by atoms with Crippen LogP contribution in [0.5, 0.6) is 0 Å². The zero-order valence-corrected chi connectivity index (χ0v) is 16.7. The van der Waals surface area contributed by atoms with E-state index in [0.717, 1.165) is 36.1 Å². The second-order valence-corrected chi connectivity index (χ2v) is 8.37. The van der Waals surface area contributed by atoms with Crippen molar-refractivity contribution in [3.8, 4) is 0 Å². The molecule has 3 aromatic heterocycles. The fraction of sp³-hybridized carbons (Fsp3) is 0.300. The van der Waals surface area contributed by atoms with E-state index in [0.29, 0.717) is 21.9 Å². The van der Waals surface area contributed by atoms with Crippen molar-refractivity contribution < 1.29 is 9.59 Å². The van der Waals surface area contributed by atoms with Gasteiger partial charge in [-0.3, -0.25) is 14.7 Å². The van der Waals surface area contributed by atoms with E-state index < -0.39 is 0 Å². The Bertz CT molecular complexity index is 1100. The zero-order valence-electron chi connectivity index (χ0n) is 15.9. The molecule has 29 heavy (non-hydrogen) atoms. The van der Waals surface area contributed by atoms with Crippen molar-refractivity contribution in [2.75, 3.05) is 30.4 Å². The summed E-state index contributed by atoms with van der Waals surface area (Å²) in [5, 5.41) is 6.82. The van der Waals surface area contributed by atoms with E-state index in [2.05, 4.69) is 32.5 Å². The molecule has 0 saturated carbocycles. The van der Waals surface area contributed by atoms with E-state index in [1.54, 1.807) is 35.6 Å². The number of aromatic nitrogens is 2. The SMILES string of the molecule is CN1CCC[C@@H](NC(=O)c2sc3nccc4c3c2NC(=O)N4c2cccnc2)C1. The van der Waals surface area contributed by atoms with Gasteiger partial charge in [-0.25, -0.2) is 9.78 Å². The van der Waals surface area contributed by atoms with E-state index in [-0.39, 0.29) is 18.0 Å². The summed E-state index contributed by atoms with van der Waals surface area (Å²) in [5.41, 5.74) is 1.90. The van der Waals surface area contributed by atoms with Crippen LogP contribution in [-0.4, -0.2) is 53.0 Å².